The van der Waals surface area contributed by atoms with Crippen LogP contribution in [0.5, 0.6) is 5.88 Å². The predicted octanol–water partition coefficient (Wildman–Crippen LogP) is 1.75. The van der Waals surface area contributed by atoms with Crippen LogP contribution in [-0.4, -0.2) is 22.9 Å². The fraction of sp³-hybridized carbons (Fsp3) is 0.167. The van der Waals surface area contributed by atoms with Crippen molar-refractivity contribution in [2.75, 3.05) is 7.11 Å². The van der Waals surface area contributed by atoms with Crippen molar-refractivity contribution in [3.8, 4) is 5.88 Å². The van der Waals surface area contributed by atoms with Crippen LogP contribution in [0.3, 0.4) is 0 Å². The summed E-state index contributed by atoms with van der Waals surface area (Å²) in [5.41, 5.74) is 1.59. The summed E-state index contributed by atoms with van der Waals surface area (Å²) in [7, 11) is 1.59. The molecule has 4 nitrogen and oxygen atoms in total. The molecule has 0 spiro atoms. The quantitative estimate of drug-likeness (QED) is 0.731. The number of hydrogen-bond donors (Lipinski definition) is 0. The number of ether oxygens (including phenoxy) is 1. The maximum atomic E-state index is 10.8. The van der Waals surface area contributed by atoms with Crippen LogP contribution in [0, 0.1) is 0 Å². The van der Waals surface area contributed by atoms with E-state index in [9.17, 15) is 4.79 Å². The van der Waals surface area contributed by atoms with Crippen LogP contribution in [0.25, 0.3) is 0 Å². The standard InChI is InChI=1S/C12H12N2O2/c1-16-12-10(4-2-6-13-12)8-14-7-3-5-11(14)9-15/h2-7,9H,8H2,1H3. The van der Waals surface area contributed by atoms with Gasteiger partial charge in [-0.1, -0.05) is 6.07 Å². The summed E-state index contributed by atoms with van der Waals surface area (Å²) in [4.78, 5) is 14.9. The third-order valence-corrected chi connectivity index (χ3v) is 2.37. The monoisotopic (exact) mass is 216 g/mol. The van der Waals surface area contributed by atoms with Crippen molar-refractivity contribution >= 4 is 6.29 Å². The summed E-state index contributed by atoms with van der Waals surface area (Å²) in [6, 6.07) is 7.39. The Balaban J connectivity index is 2.30. The number of hydrogen-bond acceptors (Lipinski definition) is 3. The van der Waals surface area contributed by atoms with Gasteiger partial charge < -0.3 is 9.30 Å². The van der Waals surface area contributed by atoms with Crippen molar-refractivity contribution in [1.29, 1.82) is 0 Å². The highest BCUT2D eigenvalue weighted by atomic mass is 16.5. The highest BCUT2D eigenvalue weighted by molar-refractivity contribution is 5.72. The number of methoxy groups -OCH3 is 1. The van der Waals surface area contributed by atoms with Crippen molar-refractivity contribution in [1.82, 2.24) is 9.55 Å². The summed E-state index contributed by atoms with van der Waals surface area (Å²) in [6.07, 6.45) is 4.37. The fourth-order valence-electron chi connectivity index (χ4n) is 1.59. The van der Waals surface area contributed by atoms with Gasteiger partial charge in [-0.15, -0.1) is 0 Å². The molecule has 0 bridgehead atoms. The molecule has 16 heavy (non-hydrogen) atoms. The first-order valence-corrected chi connectivity index (χ1v) is 4.93. The Labute approximate surface area is 93.5 Å². The molecule has 0 aromatic carbocycles. The molecule has 0 saturated carbocycles. The van der Waals surface area contributed by atoms with Gasteiger partial charge in [-0.3, -0.25) is 4.79 Å². The molecule has 0 radical (unpaired) electrons. The van der Waals surface area contributed by atoms with Crippen molar-refractivity contribution < 1.29 is 9.53 Å². The van der Waals surface area contributed by atoms with Gasteiger partial charge in [0.05, 0.1) is 19.3 Å². The van der Waals surface area contributed by atoms with Gasteiger partial charge in [0.15, 0.2) is 6.29 Å². The van der Waals surface area contributed by atoms with Crippen LogP contribution in [0.1, 0.15) is 16.1 Å². The van der Waals surface area contributed by atoms with E-state index in [2.05, 4.69) is 4.98 Å². The number of rotatable bonds is 4. The van der Waals surface area contributed by atoms with E-state index in [0.29, 0.717) is 18.1 Å². The summed E-state index contributed by atoms with van der Waals surface area (Å²) >= 11 is 0. The first-order valence-electron chi connectivity index (χ1n) is 4.93. The lowest BCUT2D eigenvalue weighted by Crippen LogP contribution is -2.04. The molecule has 2 rings (SSSR count). The maximum Gasteiger partial charge on any atom is 0.218 e. The second-order valence-electron chi connectivity index (χ2n) is 3.35. The Morgan fingerprint density at radius 1 is 1.44 bits per heavy atom. The molecule has 0 atom stereocenters. The lowest BCUT2D eigenvalue weighted by molar-refractivity contribution is 0.111. The first kappa shape index (κ1) is 10.4. The van der Waals surface area contributed by atoms with E-state index in [0.717, 1.165) is 11.8 Å². The molecule has 4 heteroatoms. The van der Waals surface area contributed by atoms with E-state index in [1.165, 1.54) is 0 Å². The molecule has 0 N–H and O–H groups in total. The van der Waals surface area contributed by atoms with Crippen molar-refractivity contribution in [2.45, 2.75) is 6.54 Å². The second kappa shape index (κ2) is 4.61. The molecule has 0 amide bonds. The van der Waals surface area contributed by atoms with Gasteiger partial charge in [-0.2, -0.15) is 0 Å². The number of pyridine rings is 1. The zero-order chi connectivity index (χ0) is 11.4. The Morgan fingerprint density at radius 2 is 2.31 bits per heavy atom. The van der Waals surface area contributed by atoms with E-state index in [-0.39, 0.29) is 0 Å². The molecular weight excluding hydrogens is 204 g/mol. The van der Waals surface area contributed by atoms with Gasteiger partial charge in [-0.25, -0.2) is 4.98 Å². The summed E-state index contributed by atoms with van der Waals surface area (Å²) in [6.45, 7) is 0.581. The van der Waals surface area contributed by atoms with E-state index in [1.807, 2.05) is 29.0 Å². The molecule has 0 unspecified atom stereocenters. The van der Waals surface area contributed by atoms with Gasteiger partial charge in [0.2, 0.25) is 5.88 Å². The zero-order valence-corrected chi connectivity index (χ0v) is 8.96. The van der Waals surface area contributed by atoms with Crippen molar-refractivity contribution in [2.24, 2.45) is 0 Å². The van der Waals surface area contributed by atoms with Crippen LogP contribution in [0.15, 0.2) is 36.7 Å². The minimum atomic E-state index is 0.581. The average molecular weight is 216 g/mol. The third-order valence-electron chi connectivity index (χ3n) is 2.37. The minimum Gasteiger partial charge on any atom is -0.481 e. The van der Waals surface area contributed by atoms with E-state index in [4.69, 9.17) is 4.74 Å². The molecule has 82 valence electrons. The van der Waals surface area contributed by atoms with Gasteiger partial charge in [0.1, 0.15) is 0 Å². The number of carbonyl (C=O) groups is 1. The van der Waals surface area contributed by atoms with Crippen LogP contribution in [0.4, 0.5) is 0 Å². The molecule has 0 aliphatic heterocycles. The van der Waals surface area contributed by atoms with Crippen LogP contribution >= 0.6 is 0 Å². The second-order valence-corrected chi connectivity index (χ2v) is 3.35. The predicted molar refractivity (Wildman–Crippen MR) is 59.7 cm³/mol. The van der Waals surface area contributed by atoms with Gasteiger partial charge in [-0.05, 0) is 18.2 Å². The largest absolute Gasteiger partial charge is 0.481 e. The minimum absolute atomic E-state index is 0.581. The number of aromatic nitrogens is 2. The lowest BCUT2D eigenvalue weighted by atomic mass is 10.2. The molecule has 2 heterocycles. The molecule has 0 fully saturated rings. The summed E-state index contributed by atoms with van der Waals surface area (Å²) in [5.74, 6) is 0.591. The molecule has 0 aliphatic rings. The Hall–Kier alpha value is -2.10. The number of nitrogens with zero attached hydrogens (tertiary/aromatic N) is 2. The number of aldehydes is 1. The molecule has 0 saturated heterocycles. The van der Waals surface area contributed by atoms with E-state index < -0.39 is 0 Å². The van der Waals surface area contributed by atoms with Crippen LogP contribution in [0.2, 0.25) is 0 Å². The first-order chi connectivity index (χ1) is 7.85. The van der Waals surface area contributed by atoms with Crippen LogP contribution in [-0.2, 0) is 6.54 Å². The molecule has 2 aromatic heterocycles. The molecule has 2 aromatic rings. The SMILES string of the molecule is COc1ncccc1Cn1cccc1C=O. The smallest absolute Gasteiger partial charge is 0.218 e. The highest BCUT2D eigenvalue weighted by Gasteiger charge is 2.05. The van der Waals surface area contributed by atoms with E-state index >= 15 is 0 Å². The summed E-state index contributed by atoms with van der Waals surface area (Å²) in [5, 5.41) is 0. The van der Waals surface area contributed by atoms with Crippen molar-refractivity contribution in [3.63, 3.8) is 0 Å². The van der Waals surface area contributed by atoms with Crippen LogP contribution < -0.4 is 4.74 Å². The zero-order valence-electron chi connectivity index (χ0n) is 8.96. The third kappa shape index (κ3) is 1.95. The average Bonchev–Trinajstić information content (AvgIpc) is 2.77. The topological polar surface area (TPSA) is 44.1 Å². The lowest BCUT2D eigenvalue weighted by Gasteiger charge is -2.08. The summed E-state index contributed by atoms with van der Waals surface area (Å²) < 4.78 is 7.01. The Morgan fingerprint density at radius 3 is 3.06 bits per heavy atom. The molecular formula is C12H12N2O2. The Bertz CT molecular complexity index is 491. The normalized spacial score (nSPS) is 10.1. The van der Waals surface area contributed by atoms with Gasteiger partial charge >= 0.3 is 0 Å². The van der Waals surface area contributed by atoms with Gasteiger partial charge in [0, 0.05) is 18.0 Å². The maximum absolute atomic E-state index is 10.8. The fourth-order valence-corrected chi connectivity index (χ4v) is 1.59. The highest BCUT2D eigenvalue weighted by Crippen LogP contribution is 2.15. The molecule has 0 aliphatic carbocycles. The van der Waals surface area contributed by atoms with Gasteiger partial charge in [0.25, 0.3) is 0 Å². The Kier molecular flexibility index (Phi) is 3.00. The van der Waals surface area contributed by atoms with Crippen molar-refractivity contribution in [3.05, 3.63) is 47.9 Å². The number of carbonyl (C=O) groups excluding carboxylic acids is 1. The van der Waals surface area contributed by atoms with E-state index in [1.54, 1.807) is 19.4 Å².